The smallest absolute Gasteiger partial charge is 0.257 e. The van der Waals surface area contributed by atoms with Crippen molar-refractivity contribution >= 4 is 23.3 Å². The lowest BCUT2D eigenvalue weighted by Crippen LogP contribution is -2.25. The zero-order valence-electron chi connectivity index (χ0n) is 16.8. The standard InChI is InChI=1S/C24H24N4O2/c1-16-7-8-18(23(29)27-20-10-11-20)13-21(16)28-24(30)19-9-12-22(26-15-19)25-14-17-5-3-2-4-6-17/h2-9,12-13,15,20H,10-11,14H2,1H3,(H,25,26)(H,27,29)(H,28,30). The van der Waals surface area contributed by atoms with Crippen LogP contribution in [0.5, 0.6) is 0 Å². The molecule has 6 nitrogen and oxygen atoms in total. The second-order valence-electron chi connectivity index (χ2n) is 7.50. The van der Waals surface area contributed by atoms with Gasteiger partial charge < -0.3 is 16.0 Å². The van der Waals surface area contributed by atoms with E-state index in [1.165, 1.54) is 0 Å². The van der Waals surface area contributed by atoms with Crippen LogP contribution in [0.3, 0.4) is 0 Å². The summed E-state index contributed by atoms with van der Waals surface area (Å²) in [5, 5.41) is 9.09. The summed E-state index contributed by atoms with van der Waals surface area (Å²) in [5.41, 5.74) is 3.66. The fraction of sp³-hybridized carbons (Fsp3) is 0.208. The molecule has 6 heteroatoms. The molecule has 1 heterocycles. The van der Waals surface area contributed by atoms with Crippen molar-refractivity contribution in [1.29, 1.82) is 0 Å². The summed E-state index contributed by atoms with van der Waals surface area (Å²) in [6.07, 6.45) is 3.61. The molecular weight excluding hydrogens is 376 g/mol. The molecule has 3 N–H and O–H groups in total. The van der Waals surface area contributed by atoms with Crippen LogP contribution in [0, 0.1) is 6.92 Å². The number of nitrogens with zero attached hydrogens (tertiary/aromatic N) is 1. The van der Waals surface area contributed by atoms with Crippen LogP contribution in [0.1, 0.15) is 44.7 Å². The second-order valence-corrected chi connectivity index (χ2v) is 7.50. The van der Waals surface area contributed by atoms with Crippen LogP contribution in [0.25, 0.3) is 0 Å². The summed E-state index contributed by atoms with van der Waals surface area (Å²) in [6, 6.07) is 19.2. The van der Waals surface area contributed by atoms with Crippen LogP contribution in [0.15, 0.2) is 66.9 Å². The number of amides is 2. The number of carbonyl (C=O) groups excluding carboxylic acids is 2. The van der Waals surface area contributed by atoms with Crippen molar-refractivity contribution in [2.24, 2.45) is 0 Å². The molecule has 2 amide bonds. The van der Waals surface area contributed by atoms with Crippen LogP contribution in [0.4, 0.5) is 11.5 Å². The number of carbonyl (C=O) groups is 2. The van der Waals surface area contributed by atoms with E-state index in [1.54, 1.807) is 30.5 Å². The highest BCUT2D eigenvalue weighted by molar-refractivity contribution is 6.05. The molecular formula is C24H24N4O2. The maximum absolute atomic E-state index is 12.7. The van der Waals surface area contributed by atoms with Crippen LogP contribution in [-0.4, -0.2) is 22.8 Å². The van der Waals surface area contributed by atoms with E-state index in [0.29, 0.717) is 29.2 Å². The highest BCUT2D eigenvalue weighted by Crippen LogP contribution is 2.22. The second kappa shape index (κ2) is 8.78. The third-order valence-electron chi connectivity index (χ3n) is 5.00. The number of nitrogens with one attached hydrogen (secondary N) is 3. The first-order valence-corrected chi connectivity index (χ1v) is 10.1. The van der Waals surface area contributed by atoms with Crippen molar-refractivity contribution in [3.8, 4) is 0 Å². The van der Waals surface area contributed by atoms with Crippen molar-refractivity contribution in [3.63, 3.8) is 0 Å². The van der Waals surface area contributed by atoms with Gasteiger partial charge in [0, 0.05) is 30.0 Å². The highest BCUT2D eigenvalue weighted by Gasteiger charge is 2.24. The van der Waals surface area contributed by atoms with Gasteiger partial charge in [-0.05, 0) is 55.2 Å². The van der Waals surface area contributed by atoms with Crippen molar-refractivity contribution in [1.82, 2.24) is 10.3 Å². The van der Waals surface area contributed by atoms with Gasteiger partial charge in [-0.2, -0.15) is 0 Å². The van der Waals surface area contributed by atoms with Gasteiger partial charge in [-0.25, -0.2) is 4.98 Å². The van der Waals surface area contributed by atoms with E-state index >= 15 is 0 Å². The summed E-state index contributed by atoms with van der Waals surface area (Å²) in [5.74, 6) is 0.328. The molecule has 1 fully saturated rings. The molecule has 152 valence electrons. The molecule has 1 saturated carbocycles. The Bertz CT molecular complexity index is 1040. The monoisotopic (exact) mass is 400 g/mol. The molecule has 30 heavy (non-hydrogen) atoms. The Morgan fingerprint density at radius 3 is 2.43 bits per heavy atom. The molecule has 1 aliphatic carbocycles. The molecule has 0 spiro atoms. The lowest BCUT2D eigenvalue weighted by Gasteiger charge is -2.11. The molecule has 1 aromatic heterocycles. The molecule has 0 unspecified atom stereocenters. The Morgan fingerprint density at radius 1 is 0.967 bits per heavy atom. The molecule has 1 aliphatic rings. The fourth-order valence-corrected chi connectivity index (χ4v) is 3.01. The van der Waals surface area contributed by atoms with Gasteiger partial charge in [0.05, 0.1) is 5.56 Å². The average Bonchev–Trinajstić information content (AvgIpc) is 3.59. The average molecular weight is 400 g/mol. The maximum atomic E-state index is 12.7. The van der Waals surface area contributed by atoms with Crippen molar-refractivity contribution < 1.29 is 9.59 Å². The Labute approximate surface area is 175 Å². The number of pyridine rings is 1. The van der Waals surface area contributed by atoms with Crippen LogP contribution in [0.2, 0.25) is 0 Å². The van der Waals surface area contributed by atoms with Gasteiger partial charge in [0.15, 0.2) is 0 Å². The number of hydrogen-bond acceptors (Lipinski definition) is 4. The minimum atomic E-state index is -0.264. The van der Waals surface area contributed by atoms with Crippen LogP contribution < -0.4 is 16.0 Å². The molecule has 0 radical (unpaired) electrons. The van der Waals surface area contributed by atoms with E-state index in [4.69, 9.17) is 0 Å². The molecule has 0 aliphatic heterocycles. The Kier molecular flexibility index (Phi) is 5.75. The third-order valence-corrected chi connectivity index (χ3v) is 5.00. The molecule has 2 aromatic carbocycles. The van der Waals surface area contributed by atoms with Gasteiger partial charge >= 0.3 is 0 Å². The zero-order valence-corrected chi connectivity index (χ0v) is 16.8. The van der Waals surface area contributed by atoms with Crippen molar-refractivity contribution in [2.75, 3.05) is 10.6 Å². The minimum Gasteiger partial charge on any atom is -0.366 e. The number of rotatable bonds is 7. The zero-order chi connectivity index (χ0) is 20.9. The lowest BCUT2D eigenvalue weighted by atomic mass is 10.1. The normalized spacial score (nSPS) is 12.8. The SMILES string of the molecule is Cc1ccc(C(=O)NC2CC2)cc1NC(=O)c1ccc(NCc2ccccc2)nc1. The van der Waals surface area contributed by atoms with Gasteiger partial charge in [-0.15, -0.1) is 0 Å². The van der Waals surface area contributed by atoms with Gasteiger partial charge in [-0.1, -0.05) is 36.4 Å². The van der Waals surface area contributed by atoms with E-state index in [1.807, 2.05) is 43.3 Å². The molecule has 0 atom stereocenters. The Morgan fingerprint density at radius 2 is 1.73 bits per heavy atom. The van der Waals surface area contributed by atoms with E-state index in [-0.39, 0.29) is 17.9 Å². The summed E-state index contributed by atoms with van der Waals surface area (Å²) in [4.78, 5) is 29.3. The van der Waals surface area contributed by atoms with Gasteiger partial charge in [0.2, 0.25) is 0 Å². The maximum Gasteiger partial charge on any atom is 0.257 e. The van der Waals surface area contributed by atoms with E-state index in [2.05, 4.69) is 20.9 Å². The first-order valence-electron chi connectivity index (χ1n) is 10.1. The fourth-order valence-electron chi connectivity index (χ4n) is 3.01. The Hall–Kier alpha value is -3.67. The quantitative estimate of drug-likeness (QED) is 0.556. The first kappa shape index (κ1) is 19.6. The van der Waals surface area contributed by atoms with Gasteiger partial charge in [0.25, 0.3) is 11.8 Å². The largest absolute Gasteiger partial charge is 0.366 e. The first-order chi connectivity index (χ1) is 14.6. The predicted molar refractivity (Wildman–Crippen MR) is 118 cm³/mol. The summed E-state index contributed by atoms with van der Waals surface area (Å²) in [6.45, 7) is 2.56. The Balaban J connectivity index is 1.39. The van der Waals surface area contributed by atoms with Gasteiger partial charge in [-0.3, -0.25) is 9.59 Å². The number of aryl methyl sites for hydroxylation is 1. The van der Waals surface area contributed by atoms with Crippen LogP contribution in [-0.2, 0) is 6.54 Å². The molecule has 0 bridgehead atoms. The van der Waals surface area contributed by atoms with E-state index in [0.717, 1.165) is 24.0 Å². The van der Waals surface area contributed by atoms with E-state index in [9.17, 15) is 9.59 Å². The molecule has 0 saturated heterocycles. The minimum absolute atomic E-state index is 0.108. The number of aromatic nitrogens is 1. The summed E-state index contributed by atoms with van der Waals surface area (Å²) >= 11 is 0. The lowest BCUT2D eigenvalue weighted by molar-refractivity contribution is 0.0949. The molecule has 4 rings (SSSR count). The van der Waals surface area contributed by atoms with Crippen LogP contribution >= 0.6 is 0 Å². The van der Waals surface area contributed by atoms with Crippen molar-refractivity contribution in [3.05, 3.63) is 89.1 Å². The van der Waals surface area contributed by atoms with E-state index < -0.39 is 0 Å². The predicted octanol–water partition coefficient (Wildman–Crippen LogP) is 4.15. The molecule has 3 aromatic rings. The van der Waals surface area contributed by atoms with Crippen molar-refractivity contribution in [2.45, 2.75) is 32.4 Å². The highest BCUT2D eigenvalue weighted by atomic mass is 16.2. The van der Waals surface area contributed by atoms with Gasteiger partial charge in [0.1, 0.15) is 5.82 Å². The number of hydrogen-bond donors (Lipinski definition) is 3. The summed E-state index contributed by atoms with van der Waals surface area (Å²) < 4.78 is 0. The third kappa shape index (κ3) is 5.03. The number of anilines is 2. The summed E-state index contributed by atoms with van der Waals surface area (Å²) in [7, 11) is 0. The topological polar surface area (TPSA) is 83.1 Å². The number of benzene rings is 2.